The highest BCUT2D eigenvalue weighted by molar-refractivity contribution is 6.31. The Bertz CT molecular complexity index is 514. The number of hydrogen-bond donors (Lipinski definition) is 2. The van der Waals surface area contributed by atoms with Crippen LogP contribution in [0.25, 0.3) is 0 Å². The Kier molecular flexibility index (Phi) is 4.04. The maximum absolute atomic E-state index is 6.18. The van der Waals surface area contributed by atoms with E-state index in [2.05, 4.69) is 28.5 Å². The molecular formula is C14H18ClN3. The van der Waals surface area contributed by atoms with Crippen molar-refractivity contribution in [2.45, 2.75) is 33.4 Å². The minimum Gasteiger partial charge on any atom is -0.306 e. The van der Waals surface area contributed by atoms with Crippen molar-refractivity contribution in [1.82, 2.24) is 15.5 Å². The molecule has 1 aromatic carbocycles. The Hall–Kier alpha value is -1.32. The van der Waals surface area contributed by atoms with Crippen LogP contribution in [0.4, 0.5) is 0 Å². The molecule has 0 saturated carbocycles. The van der Waals surface area contributed by atoms with Gasteiger partial charge in [0.2, 0.25) is 0 Å². The SMILES string of the molecule is Cc1n[nH]c(C)c1CNC(C)c1ccccc1Cl. The molecule has 0 amide bonds. The minimum absolute atomic E-state index is 0.215. The molecule has 96 valence electrons. The molecule has 2 rings (SSSR count). The van der Waals surface area contributed by atoms with Gasteiger partial charge in [0.05, 0.1) is 5.69 Å². The van der Waals surface area contributed by atoms with Crippen molar-refractivity contribution in [3.8, 4) is 0 Å². The van der Waals surface area contributed by atoms with Crippen LogP contribution in [0.5, 0.6) is 0 Å². The van der Waals surface area contributed by atoms with Gasteiger partial charge in [0, 0.05) is 28.9 Å². The molecule has 0 aliphatic heterocycles. The number of rotatable bonds is 4. The van der Waals surface area contributed by atoms with Crippen LogP contribution in [-0.4, -0.2) is 10.2 Å². The highest BCUT2D eigenvalue weighted by Crippen LogP contribution is 2.22. The van der Waals surface area contributed by atoms with Gasteiger partial charge in [-0.3, -0.25) is 5.10 Å². The van der Waals surface area contributed by atoms with Gasteiger partial charge in [0.25, 0.3) is 0 Å². The first-order valence-corrected chi connectivity index (χ1v) is 6.45. The number of aromatic nitrogens is 2. The van der Waals surface area contributed by atoms with Gasteiger partial charge in [-0.15, -0.1) is 0 Å². The number of aryl methyl sites for hydroxylation is 2. The van der Waals surface area contributed by atoms with Crippen molar-refractivity contribution >= 4 is 11.6 Å². The molecule has 0 radical (unpaired) electrons. The fourth-order valence-corrected chi connectivity index (χ4v) is 2.33. The zero-order valence-electron chi connectivity index (χ0n) is 10.9. The third-order valence-corrected chi connectivity index (χ3v) is 3.58. The summed E-state index contributed by atoms with van der Waals surface area (Å²) in [5.74, 6) is 0. The van der Waals surface area contributed by atoms with Crippen molar-refractivity contribution in [2.75, 3.05) is 0 Å². The smallest absolute Gasteiger partial charge is 0.0638 e. The normalized spacial score (nSPS) is 12.7. The maximum atomic E-state index is 6.18. The first-order valence-electron chi connectivity index (χ1n) is 6.08. The molecular weight excluding hydrogens is 246 g/mol. The Balaban J connectivity index is 2.05. The molecule has 4 heteroatoms. The summed E-state index contributed by atoms with van der Waals surface area (Å²) in [7, 11) is 0. The van der Waals surface area contributed by atoms with Crippen molar-refractivity contribution in [2.24, 2.45) is 0 Å². The van der Waals surface area contributed by atoms with Gasteiger partial charge in [-0.25, -0.2) is 0 Å². The van der Waals surface area contributed by atoms with E-state index in [-0.39, 0.29) is 6.04 Å². The van der Waals surface area contributed by atoms with Crippen molar-refractivity contribution in [3.63, 3.8) is 0 Å². The van der Waals surface area contributed by atoms with E-state index in [1.54, 1.807) is 0 Å². The van der Waals surface area contributed by atoms with Crippen LogP contribution in [0.1, 0.15) is 35.5 Å². The van der Waals surface area contributed by atoms with E-state index < -0.39 is 0 Å². The fourth-order valence-electron chi connectivity index (χ4n) is 2.03. The van der Waals surface area contributed by atoms with Crippen LogP contribution in [0.3, 0.4) is 0 Å². The van der Waals surface area contributed by atoms with Gasteiger partial charge >= 0.3 is 0 Å². The lowest BCUT2D eigenvalue weighted by Gasteiger charge is -2.15. The number of benzene rings is 1. The molecule has 18 heavy (non-hydrogen) atoms. The molecule has 1 heterocycles. The molecule has 1 atom stereocenters. The first kappa shape index (κ1) is 13.1. The Morgan fingerprint density at radius 3 is 2.67 bits per heavy atom. The molecule has 2 N–H and O–H groups in total. The van der Waals surface area contributed by atoms with Crippen molar-refractivity contribution in [3.05, 3.63) is 51.8 Å². The molecule has 0 spiro atoms. The van der Waals surface area contributed by atoms with E-state index in [1.807, 2.05) is 32.0 Å². The molecule has 0 bridgehead atoms. The molecule has 1 unspecified atom stereocenters. The standard InChI is InChI=1S/C14H18ClN3/c1-9(12-6-4-5-7-14(12)15)16-8-13-10(2)17-18-11(13)3/h4-7,9,16H,8H2,1-3H3,(H,17,18). The van der Waals surface area contributed by atoms with Gasteiger partial charge in [-0.1, -0.05) is 29.8 Å². The van der Waals surface area contributed by atoms with E-state index in [0.717, 1.165) is 28.5 Å². The highest BCUT2D eigenvalue weighted by atomic mass is 35.5. The predicted octanol–water partition coefficient (Wildman–Crippen LogP) is 3.53. The summed E-state index contributed by atoms with van der Waals surface area (Å²) in [5, 5.41) is 11.5. The minimum atomic E-state index is 0.215. The number of nitrogens with one attached hydrogen (secondary N) is 2. The summed E-state index contributed by atoms with van der Waals surface area (Å²) in [6, 6.07) is 8.14. The van der Waals surface area contributed by atoms with Crippen LogP contribution in [0.2, 0.25) is 5.02 Å². The topological polar surface area (TPSA) is 40.7 Å². The number of hydrogen-bond acceptors (Lipinski definition) is 2. The van der Waals surface area contributed by atoms with Crippen LogP contribution in [0, 0.1) is 13.8 Å². The number of aromatic amines is 1. The lowest BCUT2D eigenvalue weighted by atomic mass is 10.1. The summed E-state index contributed by atoms with van der Waals surface area (Å²) in [4.78, 5) is 0. The zero-order valence-corrected chi connectivity index (χ0v) is 11.7. The molecule has 0 aliphatic rings. The average Bonchev–Trinajstić information content (AvgIpc) is 2.67. The highest BCUT2D eigenvalue weighted by Gasteiger charge is 2.11. The van der Waals surface area contributed by atoms with Crippen molar-refractivity contribution in [1.29, 1.82) is 0 Å². The van der Waals surface area contributed by atoms with Crippen LogP contribution in [-0.2, 0) is 6.54 Å². The number of H-pyrrole nitrogens is 1. The van der Waals surface area contributed by atoms with E-state index in [1.165, 1.54) is 5.56 Å². The molecule has 0 fully saturated rings. The monoisotopic (exact) mass is 263 g/mol. The van der Waals surface area contributed by atoms with E-state index in [4.69, 9.17) is 11.6 Å². The van der Waals surface area contributed by atoms with Gasteiger partial charge in [0.1, 0.15) is 0 Å². The van der Waals surface area contributed by atoms with E-state index in [9.17, 15) is 0 Å². The second-order valence-corrected chi connectivity index (χ2v) is 4.94. The molecule has 2 aromatic rings. The zero-order chi connectivity index (χ0) is 13.1. The van der Waals surface area contributed by atoms with E-state index >= 15 is 0 Å². The second kappa shape index (κ2) is 5.55. The third kappa shape index (κ3) is 2.74. The largest absolute Gasteiger partial charge is 0.306 e. The van der Waals surface area contributed by atoms with Crippen LogP contribution < -0.4 is 5.32 Å². The van der Waals surface area contributed by atoms with Crippen LogP contribution >= 0.6 is 11.6 Å². The number of halogens is 1. The summed E-state index contributed by atoms with van der Waals surface area (Å²) in [5.41, 5.74) is 4.52. The molecule has 0 saturated heterocycles. The Labute approximate surface area is 113 Å². The number of nitrogens with zero attached hydrogens (tertiary/aromatic N) is 1. The Morgan fingerprint density at radius 1 is 1.33 bits per heavy atom. The fraction of sp³-hybridized carbons (Fsp3) is 0.357. The lowest BCUT2D eigenvalue weighted by molar-refractivity contribution is 0.572. The first-order chi connectivity index (χ1) is 8.59. The Morgan fingerprint density at radius 2 is 2.06 bits per heavy atom. The summed E-state index contributed by atoms with van der Waals surface area (Å²) in [6.45, 7) is 6.96. The van der Waals surface area contributed by atoms with Gasteiger partial charge in [-0.2, -0.15) is 5.10 Å². The average molecular weight is 264 g/mol. The lowest BCUT2D eigenvalue weighted by Crippen LogP contribution is -2.19. The third-order valence-electron chi connectivity index (χ3n) is 3.24. The van der Waals surface area contributed by atoms with Gasteiger partial charge in [-0.05, 0) is 32.4 Å². The van der Waals surface area contributed by atoms with Crippen molar-refractivity contribution < 1.29 is 0 Å². The van der Waals surface area contributed by atoms with Gasteiger partial charge in [0.15, 0.2) is 0 Å². The van der Waals surface area contributed by atoms with Crippen LogP contribution in [0.15, 0.2) is 24.3 Å². The summed E-state index contributed by atoms with van der Waals surface area (Å²) < 4.78 is 0. The van der Waals surface area contributed by atoms with E-state index in [0.29, 0.717) is 0 Å². The summed E-state index contributed by atoms with van der Waals surface area (Å²) in [6.07, 6.45) is 0. The molecule has 0 aliphatic carbocycles. The maximum Gasteiger partial charge on any atom is 0.0638 e. The second-order valence-electron chi connectivity index (χ2n) is 4.54. The van der Waals surface area contributed by atoms with Gasteiger partial charge < -0.3 is 5.32 Å². The quantitative estimate of drug-likeness (QED) is 0.886. The molecule has 1 aromatic heterocycles. The summed E-state index contributed by atoms with van der Waals surface area (Å²) >= 11 is 6.18. The molecule has 3 nitrogen and oxygen atoms in total. The predicted molar refractivity (Wildman–Crippen MR) is 74.8 cm³/mol.